The topological polar surface area (TPSA) is 60.4 Å². The molecule has 0 radical (unpaired) electrons. The predicted molar refractivity (Wildman–Crippen MR) is 113 cm³/mol. The van der Waals surface area contributed by atoms with Crippen molar-refractivity contribution in [3.8, 4) is 0 Å². The average molecular weight is 413 g/mol. The number of esters is 1. The van der Waals surface area contributed by atoms with Crippen LogP contribution in [0.1, 0.15) is 86.5 Å². The summed E-state index contributed by atoms with van der Waals surface area (Å²) in [6.07, 6.45) is 7.44. The van der Waals surface area contributed by atoms with E-state index in [4.69, 9.17) is 4.74 Å². The molecule has 0 aromatic carbocycles. The summed E-state index contributed by atoms with van der Waals surface area (Å²) in [7, 11) is 0. The van der Waals surface area contributed by atoms with Gasteiger partial charge < -0.3 is 4.74 Å². The number of hydrogen-bond acceptors (Lipinski definition) is 4. The van der Waals surface area contributed by atoms with Crippen molar-refractivity contribution in [2.45, 2.75) is 92.1 Å². The second-order valence-corrected chi connectivity index (χ2v) is 12.4. The van der Waals surface area contributed by atoms with Gasteiger partial charge in [0, 0.05) is 23.7 Å². The number of fused-ring (bicyclic) bond motifs is 6. The molecule has 0 unspecified atom stereocenters. The van der Waals surface area contributed by atoms with Crippen LogP contribution in [0.15, 0.2) is 11.6 Å². The second-order valence-electron chi connectivity index (χ2n) is 12.4. The van der Waals surface area contributed by atoms with Gasteiger partial charge in [-0.15, -0.1) is 0 Å². The molecule has 1 heterocycles. The highest BCUT2D eigenvalue weighted by Gasteiger charge is 2.72. The fourth-order valence-corrected chi connectivity index (χ4v) is 9.13. The van der Waals surface area contributed by atoms with E-state index in [2.05, 4.69) is 41.5 Å². The van der Waals surface area contributed by atoms with Crippen LogP contribution in [0.3, 0.4) is 0 Å². The third-order valence-electron chi connectivity index (χ3n) is 11.0. The molecule has 0 N–H and O–H groups in total. The quantitative estimate of drug-likeness (QED) is 0.523. The summed E-state index contributed by atoms with van der Waals surface area (Å²) >= 11 is 0. The monoisotopic (exact) mass is 412 g/mol. The Hall–Kier alpha value is -1.45. The number of Topliss-reactive ketones (excluding diaryl/α,β-unsaturated/α-hetero) is 1. The van der Waals surface area contributed by atoms with Gasteiger partial charge in [0.2, 0.25) is 0 Å². The summed E-state index contributed by atoms with van der Waals surface area (Å²) in [5, 5.41) is 0. The first-order valence-electron chi connectivity index (χ1n) is 11.8. The molecule has 0 bridgehead atoms. The van der Waals surface area contributed by atoms with Crippen LogP contribution in [-0.4, -0.2) is 23.1 Å². The molecule has 3 saturated carbocycles. The van der Waals surface area contributed by atoms with Gasteiger partial charge in [0.1, 0.15) is 11.4 Å². The van der Waals surface area contributed by atoms with E-state index in [-0.39, 0.29) is 51.2 Å². The van der Waals surface area contributed by atoms with Crippen molar-refractivity contribution in [1.82, 2.24) is 0 Å². The molecule has 5 aliphatic rings. The Kier molecular flexibility index (Phi) is 3.86. The van der Waals surface area contributed by atoms with Crippen LogP contribution >= 0.6 is 0 Å². The SMILES string of the molecule is C[C@@H]1CC(=O)O[C@@]12CC[C@@]1(C)C2=CC(=O)[C@H]2[C@@]3(C)CCC(=O)C(C)(C)[C@@H]3CC[C@@]21C. The molecule has 30 heavy (non-hydrogen) atoms. The summed E-state index contributed by atoms with van der Waals surface area (Å²) in [4.78, 5) is 38.9. The van der Waals surface area contributed by atoms with E-state index in [1.807, 2.05) is 6.08 Å². The standard InChI is InChI=1S/C26H36O4/c1-15-13-20(29)30-26(15)12-11-24(5)18(26)14-16(27)21-23(4)9-8-19(28)22(2,3)17(23)7-10-25(21,24)6/h14-15,17,21H,7-13H2,1-6H3/t15-,17+,21+,23+,24+,25+,26+/m1/s1. The molecule has 1 spiro atoms. The first kappa shape index (κ1) is 20.5. The average Bonchev–Trinajstić information content (AvgIpc) is 3.09. The molecule has 1 saturated heterocycles. The second kappa shape index (κ2) is 5.66. The van der Waals surface area contributed by atoms with Gasteiger partial charge in [-0.3, -0.25) is 14.4 Å². The number of ketones is 2. The van der Waals surface area contributed by atoms with E-state index in [1.54, 1.807) is 0 Å². The van der Waals surface area contributed by atoms with Crippen molar-refractivity contribution in [3.05, 3.63) is 11.6 Å². The van der Waals surface area contributed by atoms with Gasteiger partial charge in [-0.25, -0.2) is 0 Å². The first-order valence-corrected chi connectivity index (χ1v) is 11.8. The number of allylic oxidation sites excluding steroid dienone is 1. The largest absolute Gasteiger partial charge is 0.454 e. The lowest BCUT2D eigenvalue weighted by atomic mass is 9.36. The molecular formula is C26H36O4. The van der Waals surface area contributed by atoms with Crippen molar-refractivity contribution < 1.29 is 19.1 Å². The maximum Gasteiger partial charge on any atom is 0.307 e. The molecule has 7 atom stereocenters. The fourth-order valence-electron chi connectivity index (χ4n) is 9.13. The highest BCUT2D eigenvalue weighted by Crippen LogP contribution is 2.74. The Morgan fingerprint density at radius 3 is 2.30 bits per heavy atom. The fraction of sp³-hybridized carbons (Fsp3) is 0.808. The molecule has 5 rings (SSSR count). The van der Waals surface area contributed by atoms with Crippen LogP contribution in [0.2, 0.25) is 0 Å². The van der Waals surface area contributed by atoms with Gasteiger partial charge in [0.25, 0.3) is 0 Å². The number of ether oxygens (including phenoxy) is 1. The van der Waals surface area contributed by atoms with Crippen LogP contribution in [-0.2, 0) is 19.1 Å². The summed E-state index contributed by atoms with van der Waals surface area (Å²) in [5.41, 5.74) is -0.357. The van der Waals surface area contributed by atoms with E-state index in [9.17, 15) is 14.4 Å². The van der Waals surface area contributed by atoms with Crippen LogP contribution in [0.4, 0.5) is 0 Å². The van der Waals surface area contributed by atoms with Gasteiger partial charge in [-0.2, -0.15) is 0 Å². The van der Waals surface area contributed by atoms with Crippen molar-refractivity contribution in [3.63, 3.8) is 0 Å². The lowest BCUT2D eigenvalue weighted by molar-refractivity contribution is -0.180. The van der Waals surface area contributed by atoms with E-state index in [0.717, 1.165) is 37.7 Å². The number of carbonyl (C=O) groups excluding carboxylic acids is 3. The molecule has 4 fully saturated rings. The number of hydrogen-bond donors (Lipinski definition) is 0. The minimum Gasteiger partial charge on any atom is -0.454 e. The van der Waals surface area contributed by atoms with Crippen LogP contribution in [0, 0.1) is 39.4 Å². The van der Waals surface area contributed by atoms with Gasteiger partial charge in [0.15, 0.2) is 5.78 Å². The Labute approximate surface area is 180 Å². The Morgan fingerprint density at radius 1 is 0.967 bits per heavy atom. The number of carbonyl (C=O) groups is 3. The van der Waals surface area contributed by atoms with Crippen molar-refractivity contribution in [2.75, 3.05) is 0 Å². The van der Waals surface area contributed by atoms with Gasteiger partial charge >= 0.3 is 5.97 Å². The van der Waals surface area contributed by atoms with Crippen LogP contribution in [0.5, 0.6) is 0 Å². The minimum absolute atomic E-state index is 0.0764. The molecule has 0 aromatic rings. The summed E-state index contributed by atoms with van der Waals surface area (Å²) in [5.74, 6) is 0.710. The van der Waals surface area contributed by atoms with Gasteiger partial charge in [0.05, 0.1) is 6.42 Å². The van der Waals surface area contributed by atoms with Crippen molar-refractivity contribution >= 4 is 17.5 Å². The summed E-state index contributed by atoms with van der Waals surface area (Å²) in [6, 6.07) is 0. The van der Waals surface area contributed by atoms with E-state index >= 15 is 0 Å². The third kappa shape index (κ3) is 2.07. The highest BCUT2D eigenvalue weighted by atomic mass is 16.6. The maximum absolute atomic E-state index is 13.9. The van der Waals surface area contributed by atoms with Crippen molar-refractivity contribution in [2.24, 2.45) is 39.4 Å². The molecule has 0 aromatic heterocycles. The van der Waals surface area contributed by atoms with Crippen LogP contribution in [0.25, 0.3) is 0 Å². The lowest BCUT2D eigenvalue weighted by Gasteiger charge is -2.66. The zero-order chi connectivity index (χ0) is 21.9. The normalized spacial score (nSPS) is 51.9. The van der Waals surface area contributed by atoms with Crippen LogP contribution < -0.4 is 0 Å². The van der Waals surface area contributed by atoms with E-state index in [0.29, 0.717) is 18.6 Å². The first-order chi connectivity index (χ1) is 13.8. The van der Waals surface area contributed by atoms with Gasteiger partial charge in [-0.1, -0.05) is 41.5 Å². The van der Waals surface area contributed by atoms with Crippen molar-refractivity contribution in [1.29, 1.82) is 0 Å². The summed E-state index contributed by atoms with van der Waals surface area (Å²) in [6.45, 7) is 13.2. The maximum atomic E-state index is 13.9. The highest BCUT2D eigenvalue weighted by molar-refractivity contribution is 5.97. The predicted octanol–water partition coefficient (Wildman–Crippen LogP) is 5.05. The van der Waals surface area contributed by atoms with E-state index in [1.165, 1.54) is 0 Å². The van der Waals surface area contributed by atoms with E-state index < -0.39 is 5.60 Å². The third-order valence-corrected chi connectivity index (χ3v) is 11.0. The molecule has 4 heteroatoms. The lowest BCUT2D eigenvalue weighted by Crippen LogP contribution is -2.64. The smallest absolute Gasteiger partial charge is 0.307 e. The summed E-state index contributed by atoms with van der Waals surface area (Å²) < 4.78 is 6.00. The molecule has 164 valence electrons. The number of rotatable bonds is 0. The Morgan fingerprint density at radius 2 is 1.67 bits per heavy atom. The minimum atomic E-state index is -0.588. The molecule has 4 aliphatic carbocycles. The molecule has 0 amide bonds. The zero-order valence-corrected chi connectivity index (χ0v) is 19.4. The molecule has 4 nitrogen and oxygen atoms in total. The molecular weight excluding hydrogens is 376 g/mol. The Bertz CT molecular complexity index is 899. The Balaban J connectivity index is 1.66. The van der Waals surface area contributed by atoms with Gasteiger partial charge in [-0.05, 0) is 65.9 Å². The molecule has 1 aliphatic heterocycles. The zero-order valence-electron chi connectivity index (χ0n) is 19.4.